The maximum absolute atomic E-state index is 10.7. The number of carbonyl (C=O) groups is 3. The van der Waals surface area contributed by atoms with Gasteiger partial charge in [0.1, 0.15) is 0 Å². The molecule has 0 saturated carbocycles. The molecule has 0 bridgehead atoms. The summed E-state index contributed by atoms with van der Waals surface area (Å²) in [7, 11) is 0. The Bertz CT molecular complexity index is 691. The van der Waals surface area contributed by atoms with E-state index in [1.807, 2.05) is 0 Å². The Kier molecular flexibility index (Phi) is 5.83. The van der Waals surface area contributed by atoms with Gasteiger partial charge in [0.05, 0.1) is 16.7 Å². The average Bonchev–Trinajstić information content (AvgIpc) is 2.48. The summed E-state index contributed by atoms with van der Waals surface area (Å²) in [6.07, 6.45) is 0. The van der Waals surface area contributed by atoms with Crippen LogP contribution in [0.1, 0.15) is 36.6 Å². The van der Waals surface area contributed by atoms with Crippen LogP contribution in [-0.4, -0.2) is 33.2 Å². The summed E-state index contributed by atoms with van der Waals surface area (Å²) in [5.41, 5.74) is 0.465. The summed E-state index contributed by atoms with van der Waals surface area (Å²) in [5.74, 6) is -3.31. The maximum atomic E-state index is 10.7. The molecule has 0 fully saturated rings. The molecule has 6 heteroatoms. The van der Waals surface area contributed by atoms with Crippen LogP contribution in [0.15, 0.2) is 48.5 Å². The Morgan fingerprint density at radius 2 is 1.32 bits per heavy atom. The molecule has 0 unspecified atom stereocenters. The van der Waals surface area contributed by atoms with Crippen molar-refractivity contribution >= 4 is 17.9 Å². The van der Waals surface area contributed by atoms with Crippen LogP contribution in [0, 0.1) is 6.92 Å². The molecule has 6 nitrogen and oxygen atoms in total. The summed E-state index contributed by atoms with van der Waals surface area (Å²) in [6.45, 7) is 1.57. The number of benzene rings is 2. The fourth-order valence-electron chi connectivity index (χ4n) is 1.71. The van der Waals surface area contributed by atoms with Gasteiger partial charge in [-0.05, 0) is 30.7 Å². The van der Waals surface area contributed by atoms with Crippen molar-refractivity contribution < 1.29 is 29.7 Å². The predicted octanol–water partition coefficient (Wildman–Crippen LogP) is 2.78. The standard InChI is InChI=1S/C9H8O4.C7H6O2/c1-5-3-2-4-6(8(10)11)7(5)9(12)13;8-7(9)6-4-2-1-3-5-6/h2-4H,1H3,(H,10,11)(H,12,13);1-5H,(H,8,9). The van der Waals surface area contributed by atoms with E-state index < -0.39 is 17.9 Å². The lowest BCUT2D eigenvalue weighted by atomic mass is 10.0. The van der Waals surface area contributed by atoms with Crippen molar-refractivity contribution in [3.63, 3.8) is 0 Å². The number of hydrogen-bond donors (Lipinski definition) is 3. The largest absolute Gasteiger partial charge is 0.478 e. The third kappa shape index (κ3) is 4.45. The molecule has 0 aliphatic rings. The molecule has 0 heterocycles. The summed E-state index contributed by atoms with van der Waals surface area (Å²) >= 11 is 0. The van der Waals surface area contributed by atoms with E-state index in [-0.39, 0.29) is 11.1 Å². The van der Waals surface area contributed by atoms with Crippen LogP contribution in [-0.2, 0) is 0 Å². The van der Waals surface area contributed by atoms with Crippen LogP contribution in [0.5, 0.6) is 0 Å². The Hall–Kier alpha value is -3.15. The lowest BCUT2D eigenvalue weighted by molar-refractivity contribution is 0.0651. The third-order valence-corrected chi connectivity index (χ3v) is 2.74. The van der Waals surface area contributed by atoms with Gasteiger partial charge in [0.25, 0.3) is 0 Å². The number of carboxylic acid groups (broad SMARTS) is 3. The van der Waals surface area contributed by atoms with Gasteiger partial charge >= 0.3 is 17.9 Å². The van der Waals surface area contributed by atoms with E-state index >= 15 is 0 Å². The molecule has 0 radical (unpaired) electrons. The normalized spacial score (nSPS) is 9.32. The summed E-state index contributed by atoms with van der Waals surface area (Å²) in [5, 5.41) is 25.8. The molecule has 0 aromatic heterocycles. The van der Waals surface area contributed by atoms with Crippen molar-refractivity contribution in [2.45, 2.75) is 6.92 Å². The van der Waals surface area contributed by atoms with Crippen LogP contribution in [0.2, 0.25) is 0 Å². The second kappa shape index (κ2) is 7.58. The molecule has 3 N–H and O–H groups in total. The zero-order chi connectivity index (χ0) is 16.7. The lowest BCUT2D eigenvalue weighted by Gasteiger charge is -2.03. The summed E-state index contributed by atoms with van der Waals surface area (Å²) < 4.78 is 0. The van der Waals surface area contributed by atoms with E-state index in [1.165, 1.54) is 12.1 Å². The molecule has 0 aliphatic carbocycles. The van der Waals surface area contributed by atoms with E-state index in [2.05, 4.69) is 0 Å². The molecule has 2 rings (SSSR count). The van der Waals surface area contributed by atoms with Gasteiger partial charge in [0, 0.05) is 0 Å². The third-order valence-electron chi connectivity index (χ3n) is 2.74. The Labute approximate surface area is 126 Å². The molecule has 0 amide bonds. The van der Waals surface area contributed by atoms with Crippen molar-refractivity contribution in [2.24, 2.45) is 0 Å². The molecule has 0 aliphatic heterocycles. The fraction of sp³-hybridized carbons (Fsp3) is 0.0625. The van der Waals surface area contributed by atoms with Crippen LogP contribution < -0.4 is 0 Å². The van der Waals surface area contributed by atoms with Crippen LogP contribution >= 0.6 is 0 Å². The van der Waals surface area contributed by atoms with E-state index in [4.69, 9.17) is 15.3 Å². The topological polar surface area (TPSA) is 112 Å². The van der Waals surface area contributed by atoms with Crippen LogP contribution in [0.25, 0.3) is 0 Å². The molecule has 0 atom stereocenters. The van der Waals surface area contributed by atoms with Gasteiger partial charge < -0.3 is 15.3 Å². The molecule has 2 aromatic rings. The van der Waals surface area contributed by atoms with Crippen molar-refractivity contribution in [2.75, 3.05) is 0 Å². The highest BCUT2D eigenvalue weighted by atomic mass is 16.4. The number of rotatable bonds is 3. The highest BCUT2D eigenvalue weighted by molar-refractivity contribution is 6.02. The first kappa shape index (κ1) is 16.9. The van der Waals surface area contributed by atoms with Gasteiger partial charge in [-0.25, -0.2) is 14.4 Å². The molecular formula is C16H14O6. The smallest absolute Gasteiger partial charge is 0.336 e. The minimum absolute atomic E-state index is 0.144. The molecule has 0 saturated heterocycles. The minimum atomic E-state index is -1.22. The first-order valence-electron chi connectivity index (χ1n) is 6.19. The lowest BCUT2D eigenvalue weighted by Crippen LogP contribution is -2.09. The van der Waals surface area contributed by atoms with Crippen LogP contribution in [0.4, 0.5) is 0 Å². The van der Waals surface area contributed by atoms with Gasteiger partial charge in [-0.1, -0.05) is 30.3 Å². The van der Waals surface area contributed by atoms with Gasteiger partial charge in [-0.2, -0.15) is 0 Å². The van der Waals surface area contributed by atoms with E-state index in [0.29, 0.717) is 11.1 Å². The van der Waals surface area contributed by atoms with Crippen molar-refractivity contribution in [1.82, 2.24) is 0 Å². The van der Waals surface area contributed by atoms with E-state index in [0.717, 1.165) is 0 Å². The number of aromatic carboxylic acids is 3. The molecule has 114 valence electrons. The number of aryl methyl sites for hydroxylation is 1. The van der Waals surface area contributed by atoms with Crippen molar-refractivity contribution in [3.05, 3.63) is 70.8 Å². The monoisotopic (exact) mass is 302 g/mol. The highest BCUT2D eigenvalue weighted by Gasteiger charge is 2.17. The summed E-state index contributed by atoms with van der Waals surface area (Å²) in [6, 6.07) is 12.7. The van der Waals surface area contributed by atoms with E-state index in [1.54, 1.807) is 43.3 Å². The predicted molar refractivity (Wildman–Crippen MR) is 78.5 cm³/mol. The summed E-state index contributed by atoms with van der Waals surface area (Å²) in [4.78, 5) is 31.5. The minimum Gasteiger partial charge on any atom is -0.478 e. The van der Waals surface area contributed by atoms with Gasteiger partial charge in [-0.15, -0.1) is 0 Å². The second-order valence-electron chi connectivity index (χ2n) is 4.28. The SMILES string of the molecule is Cc1cccc(C(=O)O)c1C(=O)O.O=C(O)c1ccccc1. The molecule has 22 heavy (non-hydrogen) atoms. The van der Waals surface area contributed by atoms with Gasteiger partial charge in [0.2, 0.25) is 0 Å². The second-order valence-corrected chi connectivity index (χ2v) is 4.28. The number of carboxylic acids is 3. The quantitative estimate of drug-likeness (QED) is 0.803. The Balaban J connectivity index is 0.000000235. The number of hydrogen-bond acceptors (Lipinski definition) is 3. The average molecular weight is 302 g/mol. The zero-order valence-corrected chi connectivity index (χ0v) is 11.7. The molecular weight excluding hydrogens is 288 g/mol. The van der Waals surface area contributed by atoms with Crippen LogP contribution in [0.3, 0.4) is 0 Å². The zero-order valence-electron chi connectivity index (χ0n) is 11.7. The maximum Gasteiger partial charge on any atom is 0.336 e. The highest BCUT2D eigenvalue weighted by Crippen LogP contribution is 2.13. The van der Waals surface area contributed by atoms with Gasteiger partial charge in [0.15, 0.2) is 0 Å². The fourth-order valence-corrected chi connectivity index (χ4v) is 1.71. The van der Waals surface area contributed by atoms with Crippen molar-refractivity contribution in [1.29, 1.82) is 0 Å². The van der Waals surface area contributed by atoms with Crippen molar-refractivity contribution in [3.8, 4) is 0 Å². The van der Waals surface area contributed by atoms with E-state index in [9.17, 15) is 14.4 Å². The Morgan fingerprint density at radius 1 is 0.727 bits per heavy atom. The first-order valence-corrected chi connectivity index (χ1v) is 6.19. The molecule has 2 aromatic carbocycles. The van der Waals surface area contributed by atoms with Gasteiger partial charge in [-0.3, -0.25) is 0 Å². The molecule has 0 spiro atoms. The Morgan fingerprint density at radius 3 is 1.68 bits per heavy atom. The first-order chi connectivity index (χ1) is 10.3.